The standard InChI is InChI=1S/C13H10Cl2N2O4/c1-7(18)21-12-11(10(19)6-14)13(20)17(16-12)9-5-3-2-4-8(9)15/h2-5,16H,6H2,1H3. The summed E-state index contributed by atoms with van der Waals surface area (Å²) in [5, 5.41) is 2.84. The molecule has 1 N–H and O–H groups in total. The third-order valence-corrected chi connectivity index (χ3v) is 3.16. The minimum absolute atomic E-state index is 0.252. The molecule has 1 aromatic heterocycles. The van der Waals surface area contributed by atoms with E-state index in [9.17, 15) is 14.4 Å². The van der Waals surface area contributed by atoms with Gasteiger partial charge in [-0.1, -0.05) is 23.7 Å². The Hall–Kier alpha value is -2.05. The molecule has 0 fully saturated rings. The summed E-state index contributed by atoms with van der Waals surface area (Å²) < 4.78 is 5.88. The van der Waals surface area contributed by atoms with Crippen LogP contribution in [-0.4, -0.2) is 27.4 Å². The fraction of sp³-hybridized carbons (Fsp3) is 0.154. The van der Waals surface area contributed by atoms with Gasteiger partial charge in [0.15, 0.2) is 5.78 Å². The van der Waals surface area contributed by atoms with Gasteiger partial charge >= 0.3 is 5.97 Å². The number of hydrogen-bond donors (Lipinski definition) is 1. The van der Waals surface area contributed by atoms with Crippen LogP contribution in [0.15, 0.2) is 29.1 Å². The van der Waals surface area contributed by atoms with Gasteiger partial charge in [-0.05, 0) is 12.1 Å². The molecule has 0 aliphatic rings. The zero-order valence-electron chi connectivity index (χ0n) is 10.9. The van der Waals surface area contributed by atoms with Crippen molar-refractivity contribution < 1.29 is 14.3 Å². The molecule has 0 radical (unpaired) electrons. The molecule has 0 amide bonds. The lowest BCUT2D eigenvalue weighted by Gasteiger charge is -2.03. The first-order valence-electron chi connectivity index (χ1n) is 5.83. The summed E-state index contributed by atoms with van der Waals surface area (Å²) in [6, 6.07) is 6.52. The minimum atomic E-state index is -0.690. The molecule has 0 spiro atoms. The van der Waals surface area contributed by atoms with E-state index < -0.39 is 23.2 Å². The summed E-state index contributed by atoms with van der Waals surface area (Å²) in [7, 11) is 0. The SMILES string of the molecule is CC(=O)Oc1[nH]n(-c2ccccc2Cl)c(=O)c1C(=O)CCl. The van der Waals surface area contributed by atoms with E-state index in [0.717, 1.165) is 11.6 Å². The zero-order valence-corrected chi connectivity index (χ0v) is 12.4. The number of benzene rings is 1. The molecule has 2 aromatic rings. The van der Waals surface area contributed by atoms with Crippen molar-refractivity contribution in [2.45, 2.75) is 6.92 Å². The third kappa shape index (κ3) is 3.01. The first-order valence-corrected chi connectivity index (χ1v) is 6.74. The number of hydrogen-bond acceptors (Lipinski definition) is 4. The number of esters is 1. The van der Waals surface area contributed by atoms with Gasteiger partial charge in [-0.2, -0.15) is 0 Å². The van der Waals surface area contributed by atoms with Gasteiger partial charge in [0.2, 0.25) is 5.88 Å². The van der Waals surface area contributed by atoms with E-state index in [0.29, 0.717) is 10.7 Å². The van der Waals surface area contributed by atoms with E-state index in [4.69, 9.17) is 27.9 Å². The van der Waals surface area contributed by atoms with E-state index in [2.05, 4.69) is 5.10 Å². The van der Waals surface area contributed by atoms with Crippen molar-refractivity contribution in [3.63, 3.8) is 0 Å². The number of aromatic nitrogens is 2. The van der Waals surface area contributed by atoms with E-state index >= 15 is 0 Å². The topological polar surface area (TPSA) is 81.2 Å². The van der Waals surface area contributed by atoms with Gasteiger partial charge in [-0.15, -0.1) is 11.6 Å². The van der Waals surface area contributed by atoms with E-state index in [1.807, 2.05) is 0 Å². The van der Waals surface area contributed by atoms with Crippen LogP contribution in [0.25, 0.3) is 5.69 Å². The van der Waals surface area contributed by atoms with Crippen molar-refractivity contribution in [3.8, 4) is 11.6 Å². The molecule has 0 saturated heterocycles. The van der Waals surface area contributed by atoms with Crippen LogP contribution in [0, 0.1) is 0 Å². The first-order chi connectivity index (χ1) is 9.95. The summed E-state index contributed by atoms with van der Waals surface area (Å²) in [6.45, 7) is 1.15. The van der Waals surface area contributed by atoms with Gasteiger partial charge in [0.05, 0.1) is 16.6 Å². The van der Waals surface area contributed by atoms with Crippen LogP contribution in [0.4, 0.5) is 0 Å². The Balaban J connectivity index is 2.67. The van der Waals surface area contributed by atoms with Crippen molar-refractivity contribution in [1.82, 2.24) is 9.78 Å². The summed E-state index contributed by atoms with van der Waals surface area (Å²) in [6.07, 6.45) is 0. The Morgan fingerprint density at radius 1 is 1.33 bits per heavy atom. The Bertz CT molecular complexity index is 764. The number of Topliss-reactive ketones (excluding diaryl/α,β-unsaturated/α-hetero) is 1. The van der Waals surface area contributed by atoms with E-state index in [1.54, 1.807) is 24.3 Å². The second-order valence-electron chi connectivity index (χ2n) is 4.06. The van der Waals surface area contributed by atoms with Crippen LogP contribution in [0.3, 0.4) is 0 Å². The van der Waals surface area contributed by atoms with Crippen LogP contribution in [0.2, 0.25) is 5.02 Å². The van der Waals surface area contributed by atoms with Gasteiger partial charge in [0.1, 0.15) is 5.56 Å². The fourth-order valence-electron chi connectivity index (χ4n) is 1.75. The van der Waals surface area contributed by atoms with Crippen LogP contribution < -0.4 is 10.3 Å². The monoisotopic (exact) mass is 328 g/mol. The summed E-state index contributed by atoms with van der Waals surface area (Å²) in [5.41, 5.74) is -0.684. The summed E-state index contributed by atoms with van der Waals surface area (Å²) in [4.78, 5) is 35.2. The molecule has 0 aliphatic heterocycles. The Kier molecular flexibility index (Phi) is 4.50. The molecular formula is C13H10Cl2N2O4. The van der Waals surface area contributed by atoms with E-state index in [1.165, 1.54) is 0 Å². The Labute approximate surface area is 129 Å². The number of halogens is 2. The van der Waals surface area contributed by atoms with Crippen molar-refractivity contribution in [1.29, 1.82) is 0 Å². The molecule has 0 bridgehead atoms. The maximum atomic E-state index is 12.3. The molecule has 0 aliphatic carbocycles. The molecule has 110 valence electrons. The smallest absolute Gasteiger partial charge is 0.309 e. The van der Waals surface area contributed by atoms with Gasteiger partial charge in [-0.25, -0.2) is 4.68 Å². The molecule has 8 heteroatoms. The highest BCUT2D eigenvalue weighted by Gasteiger charge is 2.24. The number of H-pyrrole nitrogens is 1. The third-order valence-electron chi connectivity index (χ3n) is 2.60. The Morgan fingerprint density at radius 3 is 2.57 bits per heavy atom. The van der Waals surface area contributed by atoms with Gasteiger partial charge in [0.25, 0.3) is 5.56 Å². The number of carbonyl (C=O) groups excluding carboxylic acids is 2. The normalized spacial score (nSPS) is 10.4. The highest BCUT2D eigenvalue weighted by molar-refractivity contribution is 6.32. The molecule has 0 saturated carbocycles. The van der Waals surface area contributed by atoms with Crippen LogP contribution in [0.1, 0.15) is 17.3 Å². The van der Waals surface area contributed by atoms with E-state index in [-0.39, 0.29) is 11.4 Å². The highest BCUT2D eigenvalue weighted by Crippen LogP contribution is 2.21. The van der Waals surface area contributed by atoms with Crippen molar-refractivity contribution in [3.05, 3.63) is 45.2 Å². The predicted molar refractivity (Wildman–Crippen MR) is 77.8 cm³/mol. The average Bonchev–Trinajstić information content (AvgIpc) is 2.74. The predicted octanol–water partition coefficient (Wildman–Crippen LogP) is 2.17. The largest absolute Gasteiger partial charge is 0.407 e. The van der Waals surface area contributed by atoms with Crippen molar-refractivity contribution in [2.24, 2.45) is 0 Å². The molecule has 0 atom stereocenters. The van der Waals surface area contributed by atoms with Crippen LogP contribution in [-0.2, 0) is 4.79 Å². The number of aromatic amines is 1. The highest BCUT2D eigenvalue weighted by atomic mass is 35.5. The maximum Gasteiger partial charge on any atom is 0.309 e. The number of nitrogens with one attached hydrogen (secondary N) is 1. The van der Waals surface area contributed by atoms with Crippen molar-refractivity contribution in [2.75, 3.05) is 5.88 Å². The van der Waals surface area contributed by atoms with Crippen LogP contribution >= 0.6 is 23.2 Å². The zero-order chi connectivity index (χ0) is 15.6. The van der Waals surface area contributed by atoms with Crippen LogP contribution in [0.5, 0.6) is 5.88 Å². The second kappa shape index (κ2) is 6.15. The lowest BCUT2D eigenvalue weighted by molar-refractivity contribution is -0.132. The lowest BCUT2D eigenvalue weighted by atomic mass is 10.2. The van der Waals surface area contributed by atoms with Gasteiger partial charge < -0.3 is 4.74 Å². The number of ketones is 1. The number of para-hydroxylation sites is 1. The molecule has 21 heavy (non-hydrogen) atoms. The summed E-state index contributed by atoms with van der Waals surface area (Å²) >= 11 is 11.5. The number of ether oxygens (including phenoxy) is 1. The van der Waals surface area contributed by atoms with Crippen molar-refractivity contribution >= 4 is 35.0 Å². The minimum Gasteiger partial charge on any atom is -0.407 e. The number of nitrogens with zero attached hydrogens (tertiary/aromatic N) is 1. The second-order valence-corrected chi connectivity index (χ2v) is 4.73. The average molecular weight is 329 g/mol. The first kappa shape index (κ1) is 15.3. The van der Waals surface area contributed by atoms with Gasteiger partial charge in [-0.3, -0.25) is 19.5 Å². The molecule has 6 nitrogen and oxygen atoms in total. The maximum absolute atomic E-state index is 12.3. The Morgan fingerprint density at radius 2 is 2.00 bits per heavy atom. The molecule has 1 heterocycles. The number of carbonyl (C=O) groups is 2. The number of rotatable bonds is 4. The number of alkyl halides is 1. The quantitative estimate of drug-likeness (QED) is 0.529. The summed E-state index contributed by atoms with van der Waals surface area (Å²) in [5.74, 6) is -1.99. The van der Waals surface area contributed by atoms with Gasteiger partial charge in [0, 0.05) is 6.92 Å². The molecule has 0 unspecified atom stereocenters. The molecular weight excluding hydrogens is 319 g/mol. The fourth-order valence-corrected chi connectivity index (χ4v) is 2.10. The lowest BCUT2D eigenvalue weighted by Crippen LogP contribution is -2.21. The molecule has 2 rings (SSSR count). The molecule has 1 aromatic carbocycles.